The van der Waals surface area contributed by atoms with Gasteiger partial charge in [0.1, 0.15) is 6.54 Å². The van der Waals surface area contributed by atoms with Gasteiger partial charge in [0.05, 0.1) is 15.5 Å². The van der Waals surface area contributed by atoms with E-state index < -0.39 is 32.5 Å². The first-order valence-corrected chi connectivity index (χ1v) is 13.7. The van der Waals surface area contributed by atoms with Gasteiger partial charge in [-0.05, 0) is 36.4 Å². The number of nitrogens with one attached hydrogen (secondary N) is 1. The van der Waals surface area contributed by atoms with Crippen LogP contribution in [0.15, 0.2) is 82.6 Å². The maximum absolute atomic E-state index is 13.3. The van der Waals surface area contributed by atoms with E-state index in [2.05, 4.69) is 5.32 Å². The van der Waals surface area contributed by atoms with Gasteiger partial charge in [-0.1, -0.05) is 50.2 Å². The summed E-state index contributed by atoms with van der Waals surface area (Å²) in [6.45, 7) is 3.81. The molecule has 0 unspecified atom stereocenters. The van der Waals surface area contributed by atoms with Gasteiger partial charge in [-0.25, -0.2) is 16.8 Å². The van der Waals surface area contributed by atoms with E-state index in [1.807, 2.05) is 12.1 Å². The molecule has 1 amide bonds. The molecule has 0 atom stereocenters. The summed E-state index contributed by atoms with van der Waals surface area (Å²) in [6, 6.07) is 19.6. The molecule has 1 N–H and O–H groups in total. The number of fused-ring (bicyclic) bond motifs is 3. The third-order valence-electron chi connectivity index (χ3n) is 5.69. The second-order valence-corrected chi connectivity index (χ2v) is 11.5. The lowest BCUT2D eigenvalue weighted by atomic mass is 10.0. The van der Waals surface area contributed by atoms with E-state index in [1.165, 1.54) is 34.6 Å². The summed E-state index contributed by atoms with van der Waals surface area (Å²) < 4.78 is 54.3. The van der Waals surface area contributed by atoms with Crippen molar-refractivity contribution in [3.63, 3.8) is 0 Å². The van der Waals surface area contributed by atoms with Gasteiger partial charge >= 0.3 is 0 Å². The molecule has 0 radical (unpaired) electrons. The fourth-order valence-electron chi connectivity index (χ4n) is 4.01. The molecule has 3 aromatic carbocycles. The van der Waals surface area contributed by atoms with Gasteiger partial charge in [-0.3, -0.25) is 9.10 Å². The fraction of sp³-hybridized carbons (Fsp3) is 0.208. The molecule has 0 saturated heterocycles. The SMILES string of the molecule is CCN(CC)S(=O)(=O)c1ccc(NC(=O)CN2c3ccccc3-c3ccccc3S2(=O)=O)cc1. The van der Waals surface area contributed by atoms with Crippen molar-refractivity contribution < 1.29 is 21.6 Å². The summed E-state index contributed by atoms with van der Waals surface area (Å²) in [7, 11) is -7.55. The standard InChI is InChI=1S/C24H25N3O5S2/c1-3-26(4-2)33(29,30)19-15-13-18(14-16-19)25-24(28)17-27-22-11-7-5-9-20(22)21-10-6-8-12-23(21)34(27,31)32/h5-16H,3-4,17H2,1-2H3,(H,25,28). The number of sulfonamides is 2. The molecule has 0 fully saturated rings. The minimum absolute atomic E-state index is 0.123. The van der Waals surface area contributed by atoms with Gasteiger partial charge < -0.3 is 5.32 Å². The number of rotatable bonds is 7. The minimum Gasteiger partial charge on any atom is -0.325 e. The molecule has 0 spiro atoms. The van der Waals surface area contributed by atoms with E-state index in [-0.39, 0.29) is 9.79 Å². The average Bonchev–Trinajstić information content (AvgIpc) is 2.83. The summed E-state index contributed by atoms with van der Waals surface area (Å²) in [4.78, 5) is 13.1. The first-order valence-electron chi connectivity index (χ1n) is 10.8. The van der Waals surface area contributed by atoms with Gasteiger partial charge in [0.2, 0.25) is 15.9 Å². The number of hydrogen-bond donors (Lipinski definition) is 1. The van der Waals surface area contributed by atoms with Crippen LogP contribution in [-0.2, 0) is 24.8 Å². The van der Waals surface area contributed by atoms with Crippen LogP contribution in [0.25, 0.3) is 11.1 Å². The molecule has 34 heavy (non-hydrogen) atoms. The smallest absolute Gasteiger partial charge is 0.265 e. The van der Waals surface area contributed by atoms with Crippen molar-refractivity contribution in [2.75, 3.05) is 29.3 Å². The van der Waals surface area contributed by atoms with E-state index in [0.717, 1.165) is 9.87 Å². The Labute approximate surface area is 199 Å². The summed E-state index contributed by atoms with van der Waals surface area (Å²) in [6.07, 6.45) is 0. The third-order valence-corrected chi connectivity index (χ3v) is 9.57. The molecule has 0 aliphatic carbocycles. The Morgan fingerprint density at radius 2 is 1.47 bits per heavy atom. The number of para-hydroxylation sites is 1. The largest absolute Gasteiger partial charge is 0.325 e. The molecule has 0 aromatic heterocycles. The molecule has 0 saturated carbocycles. The van der Waals surface area contributed by atoms with E-state index >= 15 is 0 Å². The topological polar surface area (TPSA) is 104 Å². The van der Waals surface area contributed by atoms with E-state index in [9.17, 15) is 21.6 Å². The predicted molar refractivity (Wildman–Crippen MR) is 132 cm³/mol. The molecule has 10 heteroatoms. The number of carbonyl (C=O) groups is 1. The van der Waals surface area contributed by atoms with E-state index in [4.69, 9.17) is 0 Å². The van der Waals surface area contributed by atoms with Gasteiger partial charge in [-0.15, -0.1) is 0 Å². The summed E-state index contributed by atoms with van der Waals surface area (Å²) in [5.74, 6) is -0.544. The number of hydrogen-bond acceptors (Lipinski definition) is 5. The second-order valence-electron chi connectivity index (χ2n) is 7.69. The Bertz CT molecular complexity index is 1430. The summed E-state index contributed by atoms with van der Waals surface area (Å²) in [5, 5.41) is 2.66. The van der Waals surface area contributed by atoms with Crippen molar-refractivity contribution in [2.24, 2.45) is 0 Å². The normalized spacial score (nSPS) is 14.4. The fourth-order valence-corrected chi connectivity index (χ4v) is 7.11. The van der Waals surface area contributed by atoms with Crippen LogP contribution in [-0.4, -0.2) is 46.7 Å². The number of nitrogens with zero attached hydrogens (tertiary/aromatic N) is 2. The lowest BCUT2D eigenvalue weighted by Gasteiger charge is -2.31. The van der Waals surface area contributed by atoms with Crippen LogP contribution < -0.4 is 9.62 Å². The highest BCUT2D eigenvalue weighted by Crippen LogP contribution is 2.42. The number of carbonyl (C=O) groups excluding carboxylic acids is 1. The Kier molecular flexibility index (Phi) is 6.48. The highest BCUT2D eigenvalue weighted by Gasteiger charge is 2.35. The second kappa shape index (κ2) is 9.21. The summed E-state index contributed by atoms with van der Waals surface area (Å²) >= 11 is 0. The van der Waals surface area contributed by atoms with Crippen LogP contribution in [0.1, 0.15) is 13.8 Å². The molecule has 3 aromatic rings. The zero-order chi connectivity index (χ0) is 24.5. The van der Waals surface area contributed by atoms with Crippen molar-refractivity contribution in [3.05, 3.63) is 72.8 Å². The first-order chi connectivity index (χ1) is 16.2. The molecule has 1 aliphatic heterocycles. The van der Waals surface area contributed by atoms with Crippen molar-refractivity contribution >= 4 is 37.3 Å². The average molecular weight is 500 g/mol. The Hall–Kier alpha value is -3.21. The Balaban J connectivity index is 1.57. The lowest BCUT2D eigenvalue weighted by molar-refractivity contribution is -0.114. The van der Waals surface area contributed by atoms with Crippen LogP contribution in [0, 0.1) is 0 Å². The molecule has 4 rings (SSSR count). The molecular formula is C24H25N3O5S2. The molecule has 1 aliphatic rings. The molecule has 0 bridgehead atoms. The van der Waals surface area contributed by atoms with Crippen LogP contribution in [0.5, 0.6) is 0 Å². The van der Waals surface area contributed by atoms with Crippen LogP contribution in [0.2, 0.25) is 0 Å². The van der Waals surface area contributed by atoms with E-state index in [1.54, 1.807) is 44.2 Å². The third kappa shape index (κ3) is 4.20. The lowest BCUT2D eigenvalue weighted by Crippen LogP contribution is -2.40. The van der Waals surface area contributed by atoms with E-state index in [0.29, 0.717) is 30.0 Å². The van der Waals surface area contributed by atoms with Gasteiger partial charge in [0.15, 0.2) is 0 Å². The zero-order valence-corrected chi connectivity index (χ0v) is 20.4. The van der Waals surface area contributed by atoms with Gasteiger partial charge in [0, 0.05) is 29.9 Å². The van der Waals surface area contributed by atoms with Crippen molar-refractivity contribution in [2.45, 2.75) is 23.6 Å². The highest BCUT2D eigenvalue weighted by atomic mass is 32.2. The van der Waals surface area contributed by atoms with Crippen molar-refractivity contribution in [1.29, 1.82) is 0 Å². The number of anilines is 2. The Morgan fingerprint density at radius 1 is 0.882 bits per heavy atom. The highest BCUT2D eigenvalue weighted by molar-refractivity contribution is 7.93. The number of benzene rings is 3. The maximum atomic E-state index is 13.3. The van der Waals surface area contributed by atoms with Crippen LogP contribution in [0.3, 0.4) is 0 Å². The monoisotopic (exact) mass is 499 g/mol. The first kappa shape index (κ1) is 23.9. The summed E-state index contributed by atoms with van der Waals surface area (Å²) in [5.41, 5.74) is 2.12. The van der Waals surface area contributed by atoms with Crippen LogP contribution >= 0.6 is 0 Å². The van der Waals surface area contributed by atoms with Gasteiger partial charge in [-0.2, -0.15) is 4.31 Å². The molecule has 8 nitrogen and oxygen atoms in total. The maximum Gasteiger partial charge on any atom is 0.265 e. The van der Waals surface area contributed by atoms with Crippen LogP contribution in [0.4, 0.5) is 11.4 Å². The van der Waals surface area contributed by atoms with Gasteiger partial charge in [0.25, 0.3) is 10.0 Å². The minimum atomic E-state index is -3.94. The predicted octanol–water partition coefficient (Wildman–Crippen LogP) is 3.53. The zero-order valence-electron chi connectivity index (χ0n) is 18.8. The molecule has 178 valence electrons. The van der Waals surface area contributed by atoms with Crippen molar-refractivity contribution in [3.8, 4) is 11.1 Å². The molecule has 1 heterocycles. The quantitative estimate of drug-likeness (QED) is 0.536. The number of amides is 1. The van der Waals surface area contributed by atoms with Crippen molar-refractivity contribution in [1.82, 2.24) is 4.31 Å². The Morgan fingerprint density at radius 3 is 2.12 bits per heavy atom. The molecular weight excluding hydrogens is 474 g/mol.